The molecule has 3 heteroatoms. The zero-order chi connectivity index (χ0) is 7.73. The van der Waals surface area contributed by atoms with Crippen molar-refractivity contribution in [3.8, 4) is 0 Å². The average Bonchev–Trinajstić information content (AvgIpc) is 2.09. The first-order chi connectivity index (χ1) is 5.31. The minimum atomic E-state index is 0.0359. The molecule has 0 bridgehead atoms. The second-order valence-electron chi connectivity index (χ2n) is 3.62. The van der Waals surface area contributed by atoms with Gasteiger partial charge in [0.2, 0.25) is 5.91 Å². The summed E-state index contributed by atoms with van der Waals surface area (Å²) in [5.74, 6) is 0.0359. The summed E-state index contributed by atoms with van der Waals surface area (Å²) in [6.07, 6.45) is 3.72. The van der Waals surface area contributed by atoms with Gasteiger partial charge in [-0.2, -0.15) is 0 Å². The van der Waals surface area contributed by atoms with E-state index in [0.717, 1.165) is 13.2 Å². The van der Waals surface area contributed by atoms with Crippen molar-refractivity contribution in [1.82, 2.24) is 5.32 Å². The van der Waals surface area contributed by atoms with Gasteiger partial charge in [-0.1, -0.05) is 6.42 Å². The number of amides is 1. The molecule has 1 saturated carbocycles. The molecule has 0 atom stereocenters. The number of carbonyl (C=O) groups is 1. The third-order valence-corrected chi connectivity index (χ3v) is 2.72. The number of ether oxygens (including phenoxy) is 1. The van der Waals surface area contributed by atoms with E-state index in [1.807, 2.05) is 0 Å². The monoisotopic (exact) mass is 155 g/mol. The standard InChI is InChI=1S/C8H13NO2/c10-7-4-11-6-8(5-9-7)2-1-3-8/h1-6H2,(H,9,10). The van der Waals surface area contributed by atoms with E-state index in [4.69, 9.17) is 4.74 Å². The molecule has 1 N–H and O–H groups in total. The SMILES string of the molecule is O=C1COCC2(CCC2)CN1. The van der Waals surface area contributed by atoms with Gasteiger partial charge in [0.05, 0.1) is 6.61 Å². The van der Waals surface area contributed by atoms with Crippen LogP contribution in [-0.2, 0) is 9.53 Å². The van der Waals surface area contributed by atoms with Crippen LogP contribution in [0.25, 0.3) is 0 Å². The van der Waals surface area contributed by atoms with Gasteiger partial charge in [0.15, 0.2) is 0 Å². The predicted octanol–water partition coefficient (Wildman–Crippen LogP) is 0.303. The molecule has 1 amide bonds. The molecule has 0 aromatic carbocycles. The van der Waals surface area contributed by atoms with Crippen LogP contribution in [0.15, 0.2) is 0 Å². The van der Waals surface area contributed by atoms with Gasteiger partial charge >= 0.3 is 0 Å². The Morgan fingerprint density at radius 1 is 1.45 bits per heavy atom. The third kappa shape index (κ3) is 1.25. The number of hydrogen-bond acceptors (Lipinski definition) is 2. The quantitative estimate of drug-likeness (QED) is 0.546. The van der Waals surface area contributed by atoms with Gasteiger partial charge in [0.1, 0.15) is 6.61 Å². The molecule has 1 aliphatic heterocycles. The van der Waals surface area contributed by atoms with Crippen LogP contribution in [0.1, 0.15) is 19.3 Å². The first-order valence-corrected chi connectivity index (χ1v) is 4.15. The molecular formula is C8H13NO2. The Morgan fingerprint density at radius 3 is 2.91 bits per heavy atom. The Labute approximate surface area is 66.1 Å². The molecular weight excluding hydrogens is 142 g/mol. The van der Waals surface area contributed by atoms with E-state index >= 15 is 0 Å². The lowest BCUT2D eigenvalue weighted by atomic mass is 9.69. The van der Waals surface area contributed by atoms with Crippen molar-refractivity contribution in [2.75, 3.05) is 19.8 Å². The van der Waals surface area contributed by atoms with E-state index in [1.165, 1.54) is 19.3 Å². The van der Waals surface area contributed by atoms with Crippen molar-refractivity contribution in [3.63, 3.8) is 0 Å². The molecule has 2 fully saturated rings. The number of rotatable bonds is 0. The Hall–Kier alpha value is -0.570. The van der Waals surface area contributed by atoms with Gasteiger partial charge in [0, 0.05) is 12.0 Å². The van der Waals surface area contributed by atoms with E-state index < -0.39 is 0 Å². The summed E-state index contributed by atoms with van der Waals surface area (Å²) in [7, 11) is 0. The van der Waals surface area contributed by atoms with Crippen LogP contribution in [0.2, 0.25) is 0 Å². The Morgan fingerprint density at radius 2 is 2.27 bits per heavy atom. The molecule has 3 nitrogen and oxygen atoms in total. The molecule has 0 unspecified atom stereocenters. The Balaban J connectivity index is 1.97. The minimum absolute atomic E-state index is 0.0359. The molecule has 0 radical (unpaired) electrons. The smallest absolute Gasteiger partial charge is 0.246 e. The molecule has 11 heavy (non-hydrogen) atoms. The summed E-state index contributed by atoms with van der Waals surface area (Å²) in [6.45, 7) is 1.85. The van der Waals surface area contributed by atoms with Gasteiger partial charge < -0.3 is 10.1 Å². The lowest BCUT2D eigenvalue weighted by Gasteiger charge is -2.39. The summed E-state index contributed by atoms with van der Waals surface area (Å²) >= 11 is 0. The zero-order valence-electron chi connectivity index (χ0n) is 6.56. The topological polar surface area (TPSA) is 38.3 Å². The fraction of sp³-hybridized carbons (Fsp3) is 0.875. The Kier molecular flexibility index (Phi) is 1.60. The summed E-state index contributed by atoms with van der Waals surface area (Å²) < 4.78 is 5.25. The molecule has 0 aromatic rings. The molecule has 1 saturated heterocycles. The predicted molar refractivity (Wildman–Crippen MR) is 40.1 cm³/mol. The number of hydrogen-bond donors (Lipinski definition) is 1. The van der Waals surface area contributed by atoms with Crippen LogP contribution in [0.4, 0.5) is 0 Å². The van der Waals surface area contributed by atoms with Crippen LogP contribution >= 0.6 is 0 Å². The fourth-order valence-electron chi connectivity index (χ4n) is 1.75. The van der Waals surface area contributed by atoms with E-state index in [1.54, 1.807) is 0 Å². The van der Waals surface area contributed by atoms with Gasteiger partial charge in [-0.3, -0.25) is 4.79 Å². The Bertz CT molecular complexity index is 175. The highest BCUT2D eigenvalue weighted by Gasteiger charge is 2.38. The highest BCUT2D eigenvalue weighted by atomic mass is 16.5. The maximum Gasteiger partial charge on any atom is 0.246 e. The largest absolute Gasteiger partial charge is 0.371 e. The second-order valence-corrected chi connectivity index (χ2v) is 3.62. The van der Waals surface area contributed by atoms with Gasteiger partial charge in [-0.15, -0.1) is 0 Å². The third-order valence-electron chi connectivity index (χ3n) is 2.72. The van der Waals surface area contributed by atoms with Gasteiger partial charge in [0.25, 0.3) is 0 Å². The molecule has 1 aliphatic carbocycles. The molecule has 1 spiro atoms. The summed E-state index contributed by atoms with van der Waals surface area (Å²) in [5.41, 5.74) is 0.312. The molecule has 0 aromatic heterocycles. The van der Waals surface area contributed by atoms with E-state index in [0.29, 0.717) is 5.41 Å². The van der Waals surface area contributed by atoms with E-state index in [2.05, 4.69) is 5.32 Å². The number of nitrogens with one attached hydrogen (secondary N) is 1. The molecule has 62 valence electrons. The minimum Gasteiger partial charge on any atom is -0.371 e. The van der Waals surface area contributed by atoms with Crippen LogP contribution in [-0.4, -0.2) is 25.7 Å². The molecule has 1 heterocycles. The van der Waals surface area contributed by atoms with Crippen LogP contribution in [0, 0.1) is 5.41 Å². The lowest BCUT2D eigenvalue weighted by molar-refractivity contribution is -0.124. The first kappa shape index (κ1) is 7.10. The summed E-state index contributed by atoms with van der Waals surface area (Å²) in [4.78, 5) is 10.9. The summed E-state index contributed by atoms with van der Waals surface area (Å²) in [5, 5.41) is 2.87. The van der Waals surface area contributed by atoms with E-state index in [-0.39, 0.29) is 12.5 Å². The van der Waals surface area contributed by atoms with Gasteiger partial charge in [-0.25, -0.2) is 0 Å². The van der Waals surface area contributed by atoms with Crippen molar-refractivity contribution in [2.24, 2.45) is 5.41 Å². The van der Waals surface area contributed by atoms with E-state index in [9.17, 15) is 4.79 Å². The lowest BCUT2D eigenvalue weighted by Crippen LogP contribution is -2.42. The van der Waals surface area contributed by atoms with Crippen molar-refractivity contribution >= 4 is 5.91 Å². The highest BCUT2D eigenvalue weighted by Crippen LogP contribution is 2.40. The van der Waals surface area contributed by atoms with Crippen LogP contribution < -0.4 is 5.32 Å². The average molecular weight is 155 g/mol. The van der Waals surface area contributed by atoms with Crippen molar-refractivity contribution in [3.05, 3.63) is 0 Å². The molecule has 2 aliphatic rings. The molecule has 2 rings (SSSR count). The number of carbonyl (C=O) groups excluding carboxylic acids is 1. The maximum atomic E-state index is 10.9. The fourth-order valence-corrected chi connectivity index (χ4v) is 1.75. The van der Waals surface area contributed by atoms with Crippen molar-refractivity contribution < 1.29 is 9.53 Å². The van der Waals surface area contributed by atoms with Crippen molar-refractivity contribution in [1.29, 1.82) is 0 Å². The van der Waals surface area contributed by atoms with Crippen LogP contribution in [0.3, 0.4) is 0 Å². The second kappa shape index (κ2) is 2.48. The van der Waals surface area contributed by atoms with Crippen LogP contribution in [0.5, 0.6) is 0 Å². The normalized spacial score (nSPS) is 28.9. The zero-order valence-corrected chi connectivity index (χ0v) is 6.56. The first-order valence-electron chi connectivity index (χ1n) is 4.15. The highest BCUT2D eigenvalue weighted by molar-refractivity contribution is 5.77. The van der Waals surface area contributed by atoms with Gasteiger partial charge in [-0.05, 0) is 12.8 Å². The maximum absolute atomic E-state index is 10.9. The summed E-state index contributed by atoms with van der Waals surface area (Å²) in [6, 6.07) is 0. The van der Waals surface area contributed by atoms with Crippen molar-refractivity contribution in [2.45, 2.75) is 19.3 Å².